The first-order chi connectivity index (χ1) is 11.6. The summed E-state index contributed by atoms with van der Waals surface area (Å²) < 4.78 is 0.321. The molecule has 0 saturated heterocycles. The topological polar surface area (TPSA) is 29.1 Å². The number of carbonyl (C=O) groups excluding carboxylic acids is 1. The van der Waals surface area contributed by atoms with Crippen molar-refractivity contribution in [1.82, 2.24) is 5.32 Å². The molecule has 0 heterocycles. The number of carbonyl (C=O) groups is 1. The van der Waals surface area contributed by atoms with Crippen LogP contribution in [0, 0.1) is 35.5 Å². The summed E-state index contributed by atoms with van der Waals surface area (Å²) in [6, 6.07) is 0. The molecule has 3 heteroatoms. The third kappa shape index (κ3) is 2.32. The smallest absolute Gasteiger partial charge is 0.280 e. The highest BCUT2D eigenvalue weighted by Gasteiger charge is 2.54. The van der Waals surface area contributed by atoms with E-state index in [9.17, 15) is 4.79 Å². The molecule has 0 unspecified atom stereocenters. The molecule has 8 rings (SSSR count). The van der Waals surface area contributed by atoms with Crippen molar-refractivity contribution in [2.45, 2.75) is 87.3 Å². The summed E-state index contributed by atoms with van der Waals surface area (Å²) in [4.78, 5) is 13.1. The molecule has 0 aromatic heterocycles. The summed E-state index contributed by atoms with van der Waals surface area (Å²) in [5, 5.41) is 3.97. The molecule has 8 saturated carbocycles. The number of rotatable bonds is 2. The van der Waals surface area contributed by atoms with Crippen molar-refractivity contribution in [2.24, 2.45) is 35.5 Å². The second-order valence-electron chi connectivity index (χ2n) is 10.8. The van der Waals surface area contributed by atoms with Crippen molar-refractivity contribution < 1.29 is 4.79 Å². The van der Waals surface area contributed by atoms with Gasteiger partial charge in [0.25, 0.3) is 5.24 Å². The largest absolute Gasteiger partial charge is 0.341 e. The van der Waals surface area contributed by atoms with Crippen LogP contribution in [-0.2, 0) is 0 Å². The highest BCUT2D eigenvalue weighted by Crippen LogP contribution is 2.61. The fourth-order valence-electron chi connectivity index (χ4n) is 8.86. The first-order valence-corrected chi connectivity index (χ1v) is 11.4. The molecule has 0 aliphatic heterocycles. The maximum absolute atomic E-state index is 13.1. The number of thioether (sulfide) groups is 1. The minimum atomic E-state index is 0.196. The van der Waals surface area contributed by atoms with Crippen LogP contribution in [0.15, 0.2) is 0 Å². The zero-order valence-electron chi connectivity index (χ0n) is 14.8. The third-order valence-corrected chi connectivity index (χ3v) is 9.92. The number of hydrogen-bond acceptors (Lipinski definition) is 2. The molecule has 132 valence electrons. The summed E-state index contributed by atoms with van der Waals surface area (Å²) in [5.74, 6) is 5.58. The van der Waals surface area contributed by atoms with E-state index >= 15 is 0 Å². The predicted octanol–water partition coefficient (Wildman–Crippen LogP) is 5.37. The molecule has 8 fully saturated rings. The van der Waals surface area contributed by atoms with Crippen LogP contribution >= 0.6 is 11.8 Å². The van der Waals surface area contributed by atoms with Crippen molar-refractivity contribution >= 4 is 17.0 Å². The van der Waals surface area contributed by atoms with Crippen molar-refractivity contribution in [2.75, 3.05) is 0 Å². The Morgan fingerprint density at radius 1 is 0.667 bits per heavy atom. The van der Waals surface area contributed by atoms with Crippen LogP contribution in [0.4, 0.5) is 4.79 Å². The zero-order valence-corrected chi connectivity index (χ0v) is 15.6. The Bertz CT molecular complexity index is 452. The monoisotopic (exact) mass is 345 g/mol. The zero-order chi connectivity index (χ0) is 15.9. The molecule has 0 spiro atoms. The Labute approximate surface area is 150 Å². The first kappa shape index (κ1) is 14.9. The summed E-state index contributed by atoms with van der Waals surface area (Å²) in [6.07, 6.45) is 16.6. The van der Waals surface area contributed by atoms with Crippen LogP contribution in [0.5, 0.6) is 0 Å². The third-order valence-electron chi connectivity index (χ3n) is 8.70. The van der Waals surface area contributed by atoms with Crippen molar-refractivity contribution in [3.63, 3.8) is 0 Å². The van der Waals surface area contributed by atoms with Gasteiger partial charge >= 0.3 is 0 Å². The molecule has 8 aliphatic carbocycles. The molecule has 24 heavy (non-hydrogen) atoms. The lowest BCUT2D eigenvalue weighted by molar-refractivity contribution is -0.0120. The van der Waals surface area contributed by atoms with Gasteiger partial charge in [0.2, 0.25) is 0 Å². The first-order valence-electron chi connectivity index (χ1n) is 10.6. The van der Waals surface area contributed by atoms with Crippen LogP contribution in [0.3, 0.4) is 0 Å². The number of amides is 1. The molecule has 0 aromatic rings. The van der Waals surface area contributed by atoms with Crippen molar-refractivity contribution in [1.29, 1.82) is 0 Å². The SMILES string of the molecule is O=C(NC12CC3CC(CC(C3)C1)C2)SC12CC3CC(CC(C3)C1)C2. The van der Waals surface area contributed by atoms with Gasteiger partial charge in [-0.2, -0.15) is 0 Å². The number of nitrogens with one attached hydrogen (secondary N) is 1. The van der Waals surface area contributed by atoms with Gasteiger partial charge < -0.3 is 5.32 Å². The van der Waals surface area contributed by atoms with Gasteiger partial charge in [-0.05, 0) is 113 Å². The highest BCUT2D eigenvalue weighted by molar-refractivity contribution is 8.14. The van der Waals surface area contributed by atoms with E-state index in [-0.39, 0.29) is 5.54 Å². The summed E-state index contributed by atoms with van der Waals surface area (Å²) in [5.41, 5.74) is 0.196. The molecule has 8 bridgehead atoms. The van der Waals surface area contributed by atoms with E-state index in [4.69, 9.17) is 0 Å². The van der Waals surface area contributed by atoms with Crippen LogP contribution < -0.4 is 5.32 Å². The number of hydrogen-bond donors (Lipinski definition) is 1. The van der Waals surface area contributed by atoms with E-state index in [0.717, 1.165) is 35.5 Å². The molecule has 0 atom stereocenters. The van der Waals surface area contributed by atoms with Crippen molar-refractivity contribution in [3.05, 3.63) is 0 Å². The standard InChI is InChI=1S/C21H31NOS/c23-19(22-20-7-13-1-14(8-20)3-15(2-13)9-20)24-21-10-16-4-17(11-21)6-18(5-16)12-21/h13-18H,1-12H2,(H,22,23). The second kappa shape index (κ2) is 4.96. The van der Waals surface area contributed by atoms with Crippen LogP contribution in [-0.4, -0.2) is 15.5 Å². The van der Waals surface area contributed by atoms with E-state index in [1.807, 2.05) is 0 Å². The van der Waals surface area contributed by atoms with Gasteiger partial charge in [-0.3, -0.25) is 4.79 Å². The fraction of sp³-hybridized carbons (Fsp3) is 0.952. The maximum Gasteiger partial charge on any atom is 0.280 e. The molecular formula is C21H31NOS. The van der Waals surface area contributed by atoms with Gasteiger partial charge in [-0.15, -0.1) is 0 Å². The van der Waals surface area contributed by atoms with Crippen LogP contribution in [0.2, 0.25) is 0 Å². The molecule has 1 amide bonds. The molecule has 0 radical (unpaired) electrons. The van der Waals surface area contributed by atoms with Gasteiger partial charge in [0, 0.05) is 10.3 Å². The Hall–Kier alpha value is -0.180. The van der Waals surface area contributed by atoms with Gasteiger partial charge in [0.05, 0.1) is 0 Å². The minimum Gasteiger partial charge on any atom is -0.341 e. The van der Waals surface area contributed by atoms with E-state index in [1.54, 1.807) is 11.8 Å². The quantitative estimate of drug-likeness (QED) is 0.729. The average Bonchev–Trinajstić information content (AvgIpc) is 2.42. The Balaban J connectivity index is 1.17. The molecule has 8 aliphatic rings. The van der Waals surface area contributed by atoms with E-state index < -0.39 is 0 Å². The van der Waals surface area contributed by atoms with E-state index in [2.05, 4.69) is 5.32 Å². The molecule has 1 N–H and O–H groups in total. The lowest BCUT2D eigenvalue weighted by Crippen LogP contribution is -2.60. The summed E-state index contributed by atoms with van der Waals surface area (Å²) in [6.45, 7) is 0. The van der Waals surface area contributed by atoms with Crippen molar-refractivity contribution in [3.8, 4) is 0 Å². The lowest BCUT2D eigenvalue weighted by atomic mass is 9.53. The summed E-state index contributed by atoms with van der Waals surface area (Å²) in [7, 11) is 0. The van der Waals surface area contributed by atoms with Gasteiger partial charge in [-0.1, -0.05) is 11.8 Å². The Kier molecular flexibility index (Phi) is 3.08. The van der Waals surface area contributed by atoms with Gasteiger partial charge in [-0.25, -0.2) is 0 Å². The van der Waals surface area contributed by atoms with E-state index in [1.165, 1.54) is 77.0 Å². The van der Waals surface area contributed by atoms with Gasteiger partial charge in [0.15, 0.2) is 0 Å². The minimum absolute atomic E-state index is 0.196. The fourth-order valence-corrected chi connectivity index (χ4v) is 10.5. The highest BCUT2D eigenvalue weighted by atomic mass is 32.2. The molecule has 0 aromatic carbocycles. The average molecular weight is 346 g/mol. The summed E-state index contributed by atoms with van der Waals surface area (Å²) >= 11 is 1.76. The van der Waals surface area contributed by atoms with E-state index in [0.29, 0.717) is 9.99 Å². The second-order valence-corrected chi connectivity index (χ2v) is 12.3. The Morgan fingerprint density at radius 3 is 1.46 bits per heavy atom. The maximum atomic E-state index is 13.1. The molecule has 2 nitrogen and oxygen atoms in total. The predicted molar refractivity (Wildman–Crippen MR) is 97.9 cm³/mol. The Morgan fingerprint density at radius 2 is 1.04 bits per heavy atom. The van der Waals surface area contributed by atoms with Crippen LogP contribution in [0.1, 0.15) is 77.0 Å². The lowest BCUT2D eigenvalue weighted by Gasteiger charge is -2.58. The van der Waals surface area contributed by atoms with Crippen LogP contribution in [0.25, 0.3) is 0 Å². The normalized spacial score (nSPS) is 56.7. The van der Waals surface area contributed by atoms with Gasteiger partial charge in [0.1, 0.15) is 0 Å². The molecular weight excluding hydrogens is 314 g/mol.